The number of aliphatic carboxylic acids is 1. The molecule has 130 valence electrons. The number of benzene rings is 1. The quantitative estimate of drug-likeness (QED) is 0.558. The van der Waals surface area contributed by atoms with Crippen molar-refractivity contribution in [3.05, 3.63) is 33.9 Å². The molecular weight excluding hydrogens is 320 g/mol. The van der Waals surface area contributed by atoms with Gasteiger partial charge < -0.3 is 19.9 Å². The van der Waals surface area contributed by atoms with Gasteiger partial charge in [-0.3, -0.25) is 14.9 Å². The van der Waals surface area contributed by atoms with E-state index in [4.69, 9.17) is 9.47 Å². The number of carboxylic acid groups (broad SMARTS) is 1. The topological polar surface area (TPSA) is 128 Å². The average Bonchev–Trinajstić information content (AvgIpc) is 3.08. The van der Waals surface area contributed by atoms with Gasteiger partial charge in [-0.1, -0.05) is 0 Å². The second-order valence-corrected chi connectivity index (χ2v) is 5.36. The van der Waals surface area contributed by atoms with Crippen LogP contribution in [-0.4, -0.2) is 47.8 Å². The predicted molar refractivity (Wildman–Crippen MR) is 81.9 cm³/mol. The highest BCUT2D eigenvalue weighted by Crippen LogP contribution is 2.25. The van der Waals surface area contributed by atoms with Crippen LogP contribution in [0.1, 0.15) is 18.4 Å². The number of rotatable bonds is 7. The summed E-state index contributed by atoms with van der Waals surface area (Å²) in [6.07, 6.45) is 0.490. The van der Waals surface area contributed by atoms with Crippen LogP contribution in [0.15, 0.2) is 18.2 Å². The molecule has 0 unspecified atom stereocenters. The van der Waals surface area contributed by atoms with Gasteiger partial charge in [0.1, 0.15) is 17.9 Å². The van der Waals surface area contributed by atoms with Gasteiger partial charge in [0.25, 0.3) is 5.69 Å². The van der Waals surface area contributed by atoms with Crippen molar-refractivity contribution in [3.8, 4) is 5.75 Å². The summed E-state index contributed by atoms with van der Waals surface area (Å²) in [6, 6.07) is 2.67. The number of carbonyl (C=O) groups excluding carboxylic acids is 1. The lowest BCUT2D eigenvalue weighted by Gasteiger charge is -2.18. The van der Waals surface area contributed by atoms with E-state index in [1.807, 2.05) is 0 Å². The molecule has 1 aromatic carbocycles. The number of nitrogens with zero attached hydrogens (tertiary/aromatic N) is 1. The summed E-state index contributed by atoms with van der Waals surface area (Å²) in [7, 11) is 1.38. The zero-order valence-electron chi connectivity index (χ0n) is 13.1. The molecule has 2 rings (SSSR count). The van der Waals surface area contributed by atoms with E-state index in [0.29, 0.717) is 24.3 Å². The predicted octanol–water partition coefficient (Wildman–Crippen LogP) is 0.894. The minimum Gasteiger partial charge on any atom is -0.496 e. The number of hydrogen-bond donors (Lipinski definition) is 2. The van der Waals surface area contributed by atoms with Gasteiger partial charge in [0.05, 0.1) is 12.0 Å². The lowest BCUT2D eigenvalue weighted by atomic mass is 10.0. The van der Waals surface area contributed by atoms with Gasteiger partial charge in [-0.2, -0.15) is 0 Å². The smallest absolute Gasteiger partial charge is 0.326 e. The minimum atomic E-state index is -1.24. The van der Waals surface area contributed by atoms with E-state index in [-0.39, 0.29) is 12.1 Å². The molecule has 0 saturated carbocycles. The van der Waals surface area contributed by atoms with Crippen molar-refractivity contribution in [1.29, 1.82) is 0 Å². The largest absolute Gasteiger partial charge is 0.496 e. The number of nitro benzene ring substituents is 1. The Morgan fingerprint density at radius 1 is 1.54 bits per heavy atom. The van der Waals surface area contributed by atoms with Crippen LogP contribution in [0.5, 0.6) is 5.75 Å². The Balaban J connectivity index is 2.17. The number of hydrogen-bond acceptors (Lipinski definition) is 6. The summed E-state index contributed by atoms with van der Waals surface area (Å²) in [5.74, 6) is -1.42. The van der Waals surface area contributed by atoms with Crippen molar-refractivity contribution in [1.82, 2.24) is 5.32 Å². The van der Waals surface area contributed by atoms with Crippen molar-refractivity contribution in [2.75, 3.05) is 13.7 Å². The van der Waals surface area contributed by atoms with E-state index in [9.17, 15) is 24.8 Å². The molecule has 1 heterocycles. The molecule has 0 aromatic heterocycles. The third-order valence-corrected chi connectivity index (χ3v) is 3.74. The van der Waals surface area contributed by atoms with E-state index in [0.717, 1.165) is 6.42 Å². The fourth-order valence-electron chi connectivity index (χ4n) is 2.51. The van der Waals surface area contributed by atoms with Crippen LogP contribution in [0.25, 0.3) is 0 Å². The number of methoxy groups -OCH3 is 1. The van der Waals surface area contributed by atoms with E-state index in [1.165, 1.54) is 25.3 Å². The Morgan fingerprint density at radius 2 is 2.29 bits per heavy atom. The number of nitrogens with one attached hydrogen (secondary N) is 1. The normalized spacial score (nSPS) is 18.0. The lowest BCUT2D eigenvalue weighted by Crippen LogP contribution is -2.46. The van der Waals surface area contributed by atoms with Gasteiger partial charge in [0.2, 0.25) is 5.91 Å². The van der Waals surface area contributed by atoms with Gasteiger partial charge in [0.15, 0.2) is 0 Å². The van der Waals surface area contributed by atoms with Crippen molar-refractivity contribution in [2.24, 2.45) is 0 Å². The molecule has 9 heteroatoms. The van der Waals surface area contributed by atoms with E-state index >= 15 is 0 Å². The molecule has 1 aliphatic heterocycles. The van der Waals surface area contributed by atoms with E-state index in [2.05, 4.69) is 5.32 Å². The summed E-state index contributed by atoms with van der Waals surface area (Å²) < 4.78 is 10.3. The molecule has 2 N–H and O–H groups in total. The number of carboxylic acids is 1. The van der Waals surface area contributed by atoms with Crippen LogP contribution >= 0.6 is 0 Å². The first-order valence-corrected chi connectivity index (χ1v) is 7.38. The average molecular weight is 338 g/mol. The molecule has 1 fully saturated rings. The molecule has 0 bridgehead atoms. The number of amides is 1. The first kappa shape index (κ1) is 17.7. The number of non-ortho nitro benzene ring substituents is 1. The maximum Gasteiger partial charge on any atom is 0.326 e. The van der Waals surface area contributed by atoms with Crippen LogP contribution < -0.4 is 10.1 Å². The van der Waals surface area contributed by atoms with Gasteiger partial charge >= 0.3 is 5.97 Å². The van der Waals surface area contributed by atoms with Crippen molar-refractivity contribution in [2.45, 2.75) is 31.4 Å². The fourth-order valence-corrected chi connectivity index (χ4v) is 2.51. The summed E-state index contributed by atoms with van der Waals surface area (Å²) in [6.45, 7) is 0.467. The number of ether oxygens (including phenoxy) is 2. The molecule has 2 atom stereocenters. The Labute approximate surface area is 137 Å². The van der Waals surface area contributed by atoms with Crippen molar-refractivity contribution < 1.29 is 29.1 Å². The SMILES string of the molecule is COc1ccc([N+](=O)[O-])cc1C[C@@H](NC(=O)[C@@H]1CCCO1)C(=O)O. The molecule has 1 amide bonds. The Bertz CT molecular complexity index is 641. The molecule has 0 radical (unpaired) electrons. The molecule has 1 aromatic rings. The molecule has 1 saturated heterocycles. The van der Waals surface area contributed by atoms with Crippen LogP contribution in [0.4, 0.5) is 5.69 Å². The molecule has 0 spiro atoms. The highest BCUT2D eigenvalue weighted by molar-refractivity contribution is 5.86. The summed E-state index contributed by atoms with van der Waals surface area (Å²) in [5, 5.41) is 22.6. The van der Waals surface area contributed by atoms with Crippen molar-refractivity contribution >= 4 is 17.6 Å². The standard InChI is InChI=1S/C15H18N2O7/c1-23-12-5-4-10(17(21)22)7-9(12)8-11(15(19)20)16-14(18)13-3-2-6-24-13/h4-5,7,11,13H,2-3,6,8H2,1H3,(H,16,18)(H,19,20)/t11-,13+/m1/s1. The fraction of sp³-hybridized carbons (Fsp3) is 0.467. The highest BCUT2D eigenvalue weighted by atomic mass is 16.6. The lowest BCUT2D eigenvalue weighted by molar-refractivity contribution is -0.384. The highest BCUT2D eigenvalue weighted by Gasteiger charge is 2.29. The second kappa shape index (κ2) is 7.73. The summed E-state index contributed by atoms with van der Waals surface area (Å²) >= 11 is 0. The van der Waals surface area contributed by atoms with E-state index in [1.54, 1.807) is 0 Å². The summed E-state index contributed by atoms with van der Waals surface area (Å²) in [5.41, 5.74) is 0.145. The molecule has 1 aliphatic rings. The van der Waals surface area contributed by atoms with Crippen LogP contribution in [0, 0.1) is 10.1 Å². The minimum absolute atomic E-state index is 0.140. The molecular formula is C15H18N2O7. The third kappa shape index (κ3) is 4.19. The Kier molecular flexibility index (Phi) is 5.69. The molecule has 24 heavy (non-hydrogen) atoms. The van der Waals surface area contributed by atoms with Crippen molar-refractivity contribution in [3.63, 3.8) is 0 Å². The van der Waals surface area contributed by atoms with Crippen LogP contribution in [0.3, 0.4) is 0 Å². The van der Waals surface area contributed by atoms with Gasteiger partial charge in [-0.05, 0) is 18.9 Å². The molecule has 9 nitrogen and oxygen atoms in total. The van der Waals surface area contributed by atoms with Gasteiger partial charge in [-0.25, -0.2) is 4.79 Å². The number of nitro groups is 1. The van der Waals surface area contributed by atoms with Gasteiger partial charge in [0, 0.05) is 30.7 Å². The third-order valence-electron chi connectivity index (χ3n) is 3.74. The van der Waals surface area contributed by atoms with E-state index < -0.39 is 28.9 Å². The van der Waals surface area contributed by atoms with Crippen LogP contribution in [-0.2, 0) is 20.7 Å². The number of carbonyl (C=O) groups is 2. The maximum atomic E-state index is 12.0. The van der Waals surface area contributed by atoms with Crippen LogP contribution in [0.2, 0.25) is 0 Å². The zero-order valence-corrected chi connectivity index (χ0v) is 13.1. The Hall–Kier alpha value is -2.68. The summed E-state index contributed by atoms with van der Waals surface area (Å²) in [4.78, 5) is 33.8. The van der Waals surface area contributed by atoms with Gasteiger partial charge in [-0.15, -0.1) is 0 Å². The Morgan fingerprint density at radius 3 is 2.83 bits per heavy atom. The zero-order chi connectivity index (χ0) is 17.7. The first-order valence-electron chi connectivity index (χ1n) is 7.38. The molecule has 0 aliphatic carbocycles. The first-order chi connectivity index (χ1) is 11.4. The monoisotopic (exact) mass is 338 g/mol. The maximum absolute atomic E-state index is 12.0. The second-order valence-electron chi connectivity index (χ2n) is 5.36.